The van der Waals surface area contributed by atoms with Crippen LogP contribution in [0.2, 0.25) is 0 Å². The number of carbonyl (C=O) groups is 1. The minimum Gasteiger partial charge on any atom is -0.366 e. The fraction of sp³-hybridized carbons (Fsp3) is 0.227. The number of halogens is 1. The average molecular weight is 391 g/mol. The van der Waals surface area contributed by atoms with Crippen LogP contribution in [0.1, 0.15) is 15.9 Å². The molecule has 3 heterocycles. The van der Waals surface area contributed by atoms with Gasteiger partial charge in [-0.15, -0.1) is 0 Å². The van der Waals surface area contributed by atoms with Crippen molar-refractivity contribution >= 4 is 17.4 Å². The van der Waals surface area contributed by atoms with Crippen LogP contribution in [-0.4, -0.2) is 47.0 Å². The molecule has 2 aromatic heterocycles. The van der Waals surface area contributed by atoms with Gasteiger partial charge in [0.2, 0.25) is 0 Å². The molecule has 0 radical (unpaired) electrons. The number of nitrogens with one attached hydrogen (secondary N) is 1. The van der Waals surface area contributed by atoms with Crippen LogP contribution < -0.4 is 10.2 Å². The zero-order valence-electron chi connectivity index (χ0n) is 16.0. The van der Waals surface area contributed by atoms with Gasteiger partial charge in [-0.3, -0.25) is 9.78 Å². The largest absolute Gasteiger partial charge is 0.366 e. The van der Waals surface area contributed by atoms with Crippen molar-refractivity contribution in [2.24, 2.45) is 0 Å². The summed E-state index contributed by atoms with van der Waals surface area (Å²) in [6, 6.07) is 14.2. The summed E-state index contributed by atoms with van der Waals surface area (Å²) in [4.78, 5) is 24.9. The third kappa shape index (κ3) is 4.51. The van der Waals surface area contributed by atoms with E-state index in [4.69, 9.17) is 0 Å². The summed E-state index contributed by atoms with van der Waals surface area (Å²) in [5, 5.41) is 3.23. The Morgan fingerprint density at radius 2 is 1.76 bits per heavy atom. The normalized spacial score (nSPS) is 14.0. The van der Waals surface area contributed by atoms with Gasteiger partial charge in [0, 0.05) is 51.3 Å². The summed E-state index contributed by atoms with van der Waals surface area (Å²) in [5.74, 6) is 0.431. The van der Waals surface area contributed by atoms with E-state index in [0.29, 0.717) is 49.8 Å². The van der Waals surface area contributed by atoms with Gasteiger partial charge >= 0.3 is 0 Å². The Labute approximate surface area is 169 Å². The number of benzene rings is 1. The summed E-state index contributed by atoms with van der Waals surface area (Å²) >= 11 is 0. The molecule has 1 aliphatic heterocycles. The Morgan fingerprint density at radius 3 is 2.45 bits per heavy atom. The molecule has 29 heavy (non-hydrogen) atoms. The van der Waals surface area contributed by atoms with Crippen molar-refractivity contribution in [3.8, 4) is 0 Å². The van der Waals surface area contributed by atoms with Gasteiger partial charge in [-0.2, -0.15) is 0 Å². The Morgan fingerprint density at radius 1 is 1.00 bits per heavy atom. The number of amides is 1. The zero-order chi connectivity index (χ0) is 20.1. The summed E-state index contributed by atoms with van der Waals surface area (Å²) in [5.41, 5.74) is 2.25. The average Bonchev–Trinajstić information content (AvgIpc) is 2.79. The SMILES string of the molecule is O=C(c1ccc(NCc2ccncc2)nc1)N1CCN(c2ccccc2F)CC1. The smallest absolute Gasteiger partial charge is 0.255 e. The number of para-hydroxylation sites is 1. The van der Waals surface area contributed by atoms with E-state index < -0.39 is 0 Å². The number of nitrogens with zero attached hydrogens (tertiary/aromatic N) is 4. The Balaban J connectivity index is 1.32. The highest BCUT2D eigenvalue weighted by molar-refractivity contribution is 5.94. The van der Waals surface area contributed by atoms with Crippen molar-refractivity contribution < 1.29 is 9.18 Å². The Kier molecular flexibility index (Phi) is 5.65. The molecule has 1 saturated heterocycles. The van der Waals surface area contributed by atoms with E-state index in [0.717, 1.165) is 5.56 Å². The highest BCUT2D eigenvalue weighted by Crippen LogP contribution is 2.21. The molecule has 1 aliphatic rings. The molecular formula is C22H22FN5O. The second kappa shape index (κ2) is 8.68. The molecule has 3 aromatic rings. The second-order valence-electron chi connectivity index (χ2n) is 6.87. The first-order valence-electron chi connectivity index (χ1n) is 9.58. The van der Waals surface area contributed by atoms with Crippen molar-refractivity contribution in [2.75, 3.05) is 36.4 Å². The molecule has 0 spiro atoms. The number of rotatable bonds is 5. The number of hydrogen-bond donors (Lipinski definition) is 1. The van der Waals surface area contributed by atoms with Gasteiger partial charge < -0.3 is 15.1 Å². The van der Waals surface area contributed by atoms with E-state index in [-0.39, 0.29) is 11.7 Å². The topological polar surface area (TPSA) is 61.4 Å². The Hall–Kier alpha value is -3.48. The molecule has 1 N–H and O–H groups in total. The van der Waals surface area contributed by atoms with Gasteiger partial charge in [-0.25, -0.2) is 9.37 Å². The van der Waals surface area contributed by atoms with E-state index in [2.05, 4.69) is 15.3 Å². The van der Waals surface area contributed by atoms with Crippen molar-refractivity contribution in [1.29, 1.82) is 0 Å². The summed E-state index contributed by atoms with van der Waals surface area (Å²) in [6.45, 7) is 2.95. The monoisotopic (exact) mass is 391 g/mol. The van der Waals surface area contributed by atoms with Crippen LogP contribution in [0, 0.1) is 5.82 Å². The third-order valence-electron chi connectivity index (χ3n) is 4.99. The number of piperazine rings is 1. The highest BCUT2D eigenvalue weighted by Gasteiger charge is 2.23. The number of anilines is 2. The first-order valence-corrected chi connectivity index (χ1v) is 9.58. The molecule has 148 valence electrons. The summed E-state index contributed by atoms with van der Waals surface area (Å²) in [6.07, 6.45) is 5.09. The van der Waals surface area contributed by atoms with Crippen LogP contribution in [0.15, 0.2) is 67.1 Å². The van der Waals surface area contributed by atoms with Crippen molar-refractivity contribution in [3.63, 3.8) is 0 Å². The molecule has 7 heteroatoms. The number of hydrogen-bond acceptors (Lipinski definition) is 5. The molecule has 1 aromatic carbocycles. The quantitative estimate of drug-likeness (QED) is 0.724. The van der Waals surface area contributed by atoms with Gasteiger partial charge in [0.25, 0.3) is 5.91 Å². The van der Waals surface area contributed by atoms with Crippen LogP contribution in [-0.2, 0) is 6.54 Å². The predicted molar refractivity (Wildman–Crippen MR) is 110 cm³/mol. The van der Waals surface area contributed by atoms with E-state index in [1.54, 1.807) is 41.7 Å². The number of aromatic nitrogens is 2. The molecule has 0 saturated carbocycles. The van der Waals surface area contributed by atoms with Crippen LogP contribution in [0.5, 0.6) is 0 Å². The van der Waals surface area contributed by atoms with Gasteiger partial charge in [-0.1, -0.05) is 12.1 Å². The lowest BCUT2D eigenvalue weighted by atomic mass is 10.2. The predicted octanol–water partition coefficient (Wildman–Crippen LogP) is 3.19. The highest BCUT2D eigenvalue weighted by atomic mass is 19.1. The molecule has 0 aliphatic carbocycles. The fourth-order valence-corrected chi connectivity index (χ4v) is 3.36. The molecular weight excluding hydrogens is 369 g/mol. The molecule has 1 fully saturated rings. The maximum Gasteiger partial charge on any atom is 0.255 e. The first-order chi connectivity index (χ1) is 14.2. The lowest BCUT2D eigenvalue weighted by Gasteiger charge is -2.36. The van der Waals surface area contributed by atoms with Crippen LogP contribution in [0.25, 0.3) is 0 Å². The van der Waals surface area contributed by atoms with Crippen molar-refractivity contribution in [1.82, 2.24) is 14.9 Å². The summed E-state index contributed by atoms with van der Waals surface area (Å²) in [7, 11) is 0. The van der Waals surface area contributed by atoms with Crippen molar-refractivity contribution in [3.05, 3.63) is 84.1 Å². The van der Waals surface area contributed by atoms with Gasteiger partial charge in [0.1, 0.15) is 11.6 Å². The summed E-state index contributed by atoms with van der Waals surface area (Å²) < 4.78 is 14.0. The number of carbonyl (C=O) groups excluding carboxylic acids is 1. The van der Waals surface area contributed by atoms with Gasteiger partial charge in [0.05, 0.1) is 11.3 Å². The number of pyridine rings is 2. The molecule has 6 nitrogen and oxygen atoms in total. The maximum absolute atomic E-state index is 14.0. The van der Waals surface area contributed by atoms with E-state index >= 15 is 0 Å². The van der Waals surface area contributed by atoms with Crippen molar-refractivity contribution in [2.45, 2.75) is 6.54 Å². The third-order valence-corrected chi connectivity index (χ3v) is 4.99. The Bertz CT molecular complexity index is 956. The lowest BCUT2D eigenvalue weighted by molar-refractivity contribution is 0.0746. The first kappa shape index (κ1) is 18.9. The van der Waals surface area contributed by atoms with Crippen LogP contribution >= 0.6 is 0 Å². The van der Waals surface area contributed by atoms with E-state index in [1.165, 1.54) is 6.07 Å². The molecule has 0 bridgehead atoms. The standard InChI is InChI=1S/C22H22FN5O/c23-19-3-1-2-4-20(19)27-11-13-28(14-12-27)22(29)18-5-6-21(26-16-18)25-15-17-7-9-24-10-8-17/h1-10,16H,11-15H2,(H,25,26). The molecule has 4 rings (SSSR count). The van der Waals surface area contributed by atoms with Gasteiger partial charge in [0.15, 0.2) is 0 Å². The minimum atomic E-state index is -0.230. The van der Waals surface area contributed by atoms with Crippen LogP contribution in [0.4, 0.5) is 15.9 Å². The van der Waals surface area contributed by atoms with E-state index in [9.17, 15) is 9.18 Å². The molecule has 0 unspecified atom stereocenters. The molecule has 0 atom stereocenters. The zero-order valence-corrected chi connectivity index (χ0v) is 16.0. The second-order valence-corrected chi connectivity index (χ2v) is 6.87. The van der Waals surface area contributed by atoms with Gasteiger partial charge in [-0.05, 0) is 42.0 Å². The van der Waals surface area contributed by atoms with Crippen LogP contribution in [0.3, 0.4) is 0 Å². The minimum absolute atomic E-state index is 0.0497. The fourth-order valence-electron chi connectivity index (χ4n) is 3.36. The van der Waals surface area contributed by atoms with E-state index in [1.807, 2.05) is 29.2 Å². The maximum atomic E-state index is 14.0. The lowest BCUT2D eigenvalue weighted by Crippen LogP contribution is -2.49. The molecule has 1 amide bonds.